The Bertz CT molecular complexity index is 765. The molecule has 0 spiro atoms. The van der Waals surface area contributed by atoms with Crippen molar-refractivity contribution >= 4 is 28.3 Å². The third-order valence-corrected chi connectivity index (χ3v) is 7.66. The van der Waals surface area contributed by atoms with Gasteiger partial charge in [0.15, 0.2) is 0 Å². The first-order valence-electron chi connectivity index (χ1n) is 9.59. The van der Waals surface area contributed by atoms with Gasteiger partial charge in [0, 0.05) is 32.2 Å². The number of amides is 1. The number of carbonyl (C=O) groups is 1. The van der Waals surface area contributed by atoms with Crippen LogP contribution in [0.25, 0.3) is 0 Å². The van der Waals surface area contributed by atoms with Crippen molar-refractivity contribution in [2.75, 3.05) is 26.2 Å². The van der Waals surface area contributed by atoms with E-state index in [1.165, 1.54) is 16.4 Å². The highest BCUT2D eigenvalue weighted by atomic mass is 35.5. The topological polar surface area (TPSA) is 83.7 Å². The summed E-state index contributed by atoms with van der Waals surface area (Å²) in [6.07, 6.45) is 3.13. The standard InChI is InChI=1S/C19H28FN3O3S.ClH/c1-14(21)15-8-11-22(12-9-15)19(24)16-3-2-10-23(13-16)27(25,26)18-6-4-17(20)5-7-18;/h4-7,14-16H,2-3,8-13,21H2,1H3;1H. The minimum atomic E-state index is -3.72. The van der Waals surface area contributed by atoms with Gasteiger partial charge >= 0.3 is 0 Å². The Morgan fingerprint density at radius 3 is 2.32 bits per heavy atom. The quantitative estimate of drug-likeness (QED) is 0.789. The molecule has 2 fully saturated rings. The number of piperidine rings is 2. The van der Waals surface area contributed by atoms with Crippen LogP contribution in [0.1, 0.15) is 32.6 Å². The van der Waals surface area contributed by atoms with E-state index < -0.39 is 15.8 Å². The molecule has 2 aliphatic heterocycles. The number of nitrogens with zero attached hydrogens (tertiary/aromatic N) is 2. The molecule has 3 rings (SSSR count). The van der Waals surface area contributed by atoms with E-state index in [9.17, 15) is 17.6 Å². The largest absolute Gasteiger partial charge is 0.342 e. The molecule has 2 saturated heterocycles. The van der Waals surface area contributed by atoms with E-state index >= 15 is 0 Å². The number of sulfonamides is 1. The van der Waals surface area contributed by atoms with E-state index in [-0.39, 0.29) is 41.7 Å². The first kappa shape index (κ1) is 23.1. The van der Waals surface area contributed by atoms with Crippen LogP contribution in [0, 0.1) is 17.7 Å². The molecule has 158 valence electrons. The summed E-state index contributed by atoms with van der Waals surface area (Å²) in [4.78, 5) is 14.8. The lowest BCUT2D eigenvalue weighted by Gasteiger charge is -2.38. The second-order valence-corrected chi connectivity index (χ2v) is 9.62. The molecule has 2 N–H and O–H groups in total. The van der Waals surface area contributed by atoms with E-state index in [0.29, 0.717) is 38.4 Å². The van der Waals surface area contributed by atoms with Gasteiger partial charge < -0.3 is 10.6 Å². The Morgan fingerprint density at radius 1 is 1.14 bits per heavy atom. The van der Waals surface area contributed by atoms with Crippen molar-refractivity contribution in [3.63, 3.8) is 0 Å². The highest BCUT2D eigenvalue weighted by Crippen LogP contribution is 2.27. The number of likely N-dealkylation sites (tertiary alicyclic amines) is 1. The van der Waals surface area contributed by atoms with Crippen molar-refractivity contribution in [2.24, 2.45) is 17.6 Å². The third-order valence-electron chi connectivity index (χ3n) is 5.78. The van der Waals surface area contributed by atoms with Crippen LogP contribution in [-0.2, 0) is 14.8 Å². The molecule has 0 radical (unpaired) electrons. The molecule has 28 heavy (non-hydrogen) atoms. The molecular formula is C19H29ClFN3O3S. The molecule has 0 bridgehead atoms. The molecule has 1 aromatic rings. The Kier molecular flexibility index (Phi) is 7.84. The highest BCUT2D eigenvalue weighted by molar-refractivity contribution is 7.89. The number of benzene rings is 1. The molecule has 2 heterocycles. The van der Waals surface area contributed by atoms with Crippen molar-refractivity contribution in [3.05, 3.63) is 30.1 Å². The van der Waals surface area contributed by atoms with Crippen LogP contribution < -0.4 is 5.73 Å². The SMILES string of the molecule is CC(N)C1CCN(C(=O)C2CCCN(S(=O)(=O)c3ccc(F)cc3)C2)CC1.Cl. The van der Waals surface area contributed by atoms with Crippen LogP contribution >= 0.6 is 12.4 Å². The zero-order valence-electron chi connectivity index (χ0n) is 16.1. The molecule has 2 aliphatic rings. The average Bonchev–Trinajstić information content (AvgIpc) is 2.68. The van der Waals surface area contributed by atoms with Crippen molar-refractivity contribution in [1.29, 1.82) is 0 Å². The molecule has 9 heteroatoms. The van der Waals surface area contributed by atoms with Gasteiger partial charge in [0.2, 0.25) is 15.9 Å². The predicted octanol–water partition coefficient (Wildman–Crippen LogP) is 2.23. The zero-order chi connectivity index (χ0) is 19.6. The van der Waals surface area contributed by atoms with Crippen LogP contribution in [-0.4, -0.2) is 55.8 Å². The van der Waals surface area contributed by atoms with Gasteiger partial charge in [-0.2, -0.15) is 4.31 Å². The minimum absolute atomic E-state index is 0. The molecule has 1 aromatic carbocycles. The second kappa shape index (κ2) is 9.52. The number of halogens is 2. The summed E-state index contributed by atoms with van der Waals surface area (Å²) in [6.45, 7) is 3.95. The fourth-order valence-electron chi connectivity index (χ4n) is 4.02. The summed E-state index contributed by atoms with van der Waals surface area (Å²) in [7, 11) is -3.72. The Balaban J connectivity index is 0.00000280. The van der Waals surface area contributed by atoms with Crippen LogP contribution in [0.2, 0.25) is 0 Å². The normalized spacial score (nSPS) is 23.1. The Hall–Kier alpha value is -1.22. The summed E-state index contributed by atoms with van der Waals surface area (Å²) in [5.41, 5.74) is 5.96. The van der Waals surface area contributed by atoms with Crippen molar-refractivity contribution in [1.82, 2.24) is 9.21 Å². The van der Waals surface area contributed by atoms with Gasteiger partial charge in [-0.3, -0.25) is 4.79 Å². The van der Waals surface area contributed by atoms with Gasteiger partial charge in [0.05, 0.1) is 10.8 Å². The van der Waals surface area contributed by atoms with Gasteiger partial charge in [0.25, 0.3) is 0 Å². The molecule has 0 aromatic heterocycles. The highest BCUT2D eigenvalue weighted by Gasteiger charge is 2.36. The van der Waals surface area contributed by atoms with Crippen LogP contribution in [0.15, 0.2) is 29.2 Å². The molecule has 0 saturated carbocycles. The molecular weight excluding hydrogens is 405 g/mol. The number of carbonyl (C=O) groups excluding carboxylic acids is 1. The second-order valence-electron chi connectivity index (χ2n) is 7.68. The van der Waals surface area contributed by atoms with Crippen LogP contribution in [0.3, 0.4) is 0 Å². The van der Waals surface area contributed by atoms with Gasteiger partial charge in [-0.1, -0.05) is 0 Å². The van der Waals surface area contributed by atoms with Gasteiger partial charge in [-0.25, -0.2) is 12.8 Å². The molecule has 0 aliphatic carbocycles. The predicted molar refractivity (Wildman–Crippen MR) is 108 cm³/mol. The molecule has 2 unspecified atom stereocenters. The van der Waals surface area contributed by atoms with Gasteiger partial charge in [-0.05, 0) is 62.8 Å². The molecule has 6 nitrogen and oxygen atoms in total. The van der Waals surface area contributed by atoms with Crippen LogP contribution in [0.5, 0.6) is 0 Å². The lowest BCUT2D eigenvalue weighted by atomic mass is 9.89. The smallest absolute Gasteiger partial charge is 0.243 e. The number of nitrogens with two attached hydrogens (primary N) is 1. The van der Waals surface area contributed by atoms with Crippen LogP contribution in [0.4, 0.5) is 4.39 Å². The fraction of sp³-hybridized carbons (Fsp3) is 0.632. The Labute approximate surface area is 172 Å². The number of hydrogen-bond donors (Lipinski definition) is 1. The van der Waals surface area contributed by atoms with E-state index in [1.54, 1.807) is 0 Å². The molecule has 1 amide bonds. The summed E-state index contributed by atoms with van der Waals surface area (Å²) in [5.74, 6) is -0.315. The van der Waals surface area contributed by atoms with Crippen molar-refractivity contribution in [2.45, 2.75) is 43.5 Å². The zero-order valence-corrected chi connectivity index (χ0v) is 17.7. The lowest BCUT2D eigenvalue weighted by molar-refractivity contribution is -0.138. The van der Waals surface area contributed by atoms with Gasteiger partial charge in [0.1, 0.15) is 5.82 Å². The van der Waals surface area contributed by atoms with Crippen molar-refractivity contribution < 1.29 is 17.6 Å². The van der Waals surface area contributed by atoms with E-state index in [4.69, 9.17) is 5.73 Å². The first-order chi connectivity index (χ1) is 12.8. The van der Waals surface area contributed by atoms with E-state index in [1.807, 2.05) is 11.8 Å². The minimum Gasteiger partial charge on any atom is -0.342 e. The summed E-state index contributed by atoms with van der Waals surface area (Å²) < 4.78 is 40.1. The van der Waals surface area contributed by atoms with Crippen molar-refractivity contribution in [3.8, 4) is 0 Å². The van der Waals surface area contributed by atoms with Gasteiger partial charge in [-0.15, -0.1) is 12.4 Å². The maximum Gasteiger partial charge on any atom is 0.243 e. The Morgan fingerprint density at radius 2 is 1.75 bits per heavy atom. The maximum atomic E-state index is 13.1. The summed E-state index contributed by atoms with van der Waals surface area (Å²) >= 11 is 0. The first-order valence-corrected chi connectivity index (χ1v) is 11.0. The lowest BCUT2D eigenvalue weighted by Crippen LogP contribution is -2.49. The fourth-order valence-corrected chi connectivity index (χ4v) is 5.55. The number of hydrogen-bond acceptors (Lipinski definition) is 4. The number of rotatable bonds is 4. The molecule has 2 atom stereocenters. The monoisotopic (exact) mass is 433 g/mol. The van der Waals surface area contributed by atoms with E-state index in [2.05, 4.69) is 0 Å². The van der Waals surface area contributed by atoms with E-state index in [0.717, 1.165) is 25.0 Å². The third kappa shape index (κ3) is 5.03. The summed E-state index contributed by atoms with van der Waals surface area (Å²) in [6, 6.07) is 4.96. The average molecular weight is 434 g/mol. The maximum absolute atomic E-state index is 13.1. The summed E-state index contributed by atoms with van der Waals surface area (Å²) in [5, 5.41) is 0.